The number of hydrogen-bond acceptors (Lipinski definition) is 14. The van der Waals surface area contributed by atoms with E-state index in [2.05, 4.69) is 35.9 Å². The number of esters is 2. The van der Waals surface area contributed by atoms with Crippen LogP contribution in [0, 0.1) is 0 Å². The highest BCUT2D eigenvalue weighted by Gasteiger charge is 2.31. The lowest BCUT2D eigenvalue weighted by molar-refractivity contribution is -0.132. The fourth-order valence-electron chi connectivity index (χ4n) is 7.60. The van der Waals surface area contributed by atoms with E-state index in [-0.39, 0.29) is 60.6 Å². The summed E-state index contributed by atoms with van der Waals surface area (Å²) < 4.78 is 11.1. The zero-order valence-electron chi connectivity index (χ0n) is 43.8. The minimum absolute atomic E-state index is 0.00120. The van der Waals surface area contributed by atoms with Crippen LogP contribution in [-0.2, 0) is 32.3 Å². The summed E-state index contributed by atoms with van der Waals surface area (Å²) in [6.07, 6.45) is 5.00. The van der Waals surface area contributed by atoms with Crippen LogP contribution in [0.1, 0.15) is 134 Å². The van der Waals surface area contributed by atoms with Crippen LogP contribution in [-0.4, -0.2) is 84.1 Å². The van der Waals surface area contributed by atoms with E-state index < -0.39 is 23.8 Å². The first-order valence-electron chi connectivity index (χ1n) is 24.0. The Bertz CT molecular complexity index is 3050. The van der Waals surface area contributed by atoms with Crippen molar-refractivity contribution < 1.29 is 47.8 Å². The Balaban J connectivity index is 0.000000365. The standard InChI is InChI=1S/C26H26Cl2N2O5S.C24H20Cl2N2O5S.C2H6.2CH5N/c1-5-18(6-2)30(14(3)32)12-16-7-9-17(10-8-16)25(34)29-26-20(13-31)19-11-21(27)23(35-15(4)33)22(28)24(19)36-26;1-12(30)28(16-7-8-16)10-14-3-5-15(6-4-14)23(32)27-24-18(11-29)17-9-19(25)21(33-13(2)31)20(26)22(17)34-24;3*1-2/h7-11,13,18H,5-6,12H2,1-4H3,(H,29,34);3-6,9,11,16H,7-8,10H2,1-2H3,(H,27,32);1-2H3;2*2H2,1H3. The van der Waals surface area contributed by atoms with Gasteiger partial charge in [-0.2, -0.15) is 0 Å². The van der Waals surface area contributed by atoms with Crippen LogP contribution in [0.2, 0.25) is 20.1 Å². The van der Waals surface area contributed by atoms with Crippen LogP contribution in [0.25, 0.3) is 20.2 Å². The van der Waals surface area contributed by atoms with Crippen molar-refractivity contribution in [2.75, 3.05) is 24.7 Å². The molecule has 16 nitrogen and oxygen atoms in total. The Morgan fingerprint density at radius 1 is 0.632 bits per heavy atom. The number of carbonyl (C=O) groups excluding carboxylic acids is 8. The third-order valence-electron chi connectivity index (χ3n) is 11.2. The number of rotatable bonds is 16. The highest BCUT2D eigenvalue weighted by molar-refractivity contribution is 7.24. The maximum Gasteiger partial charge on any atom is 0.308 e. The second-order valence-corrected chi connectivity index (χ2v) is 19.8. The third-order valence-corrected chi connectivity index (χ3v) is 15.1. The molecule has 0 spiro atoms. The van der Waals surface area contributed by atoms with Crippen LogP contribution in [0.4, 0.5) is 10.0 Å². The summed E-state index contributed by atoms with van der Waals surface area (Å²) in [6.45, 7) is 14.6. The molecule has 0 unspecified atom stereocenters. The smallest absolute Gasteiger partial charge is 0.308 e. The highest BCUT2D eigenvalue weighted by atomic mass is 35.5. The van der Waals surface area contributed by atoms with Gasteiger partial charge in [0.15, 0.2) is 24.1 Å². The molecule has 2 aromatic heterocycles. The summed E-state index contributed by atoms with van der Waals surface area (Å²) >= 11 is 27.4. The van der Waals surface area contributed by atoms with Crippen LogP contribution >= 0.6 is 69.1 Å². The number of ether oxygens (including phenoxy) is 2. The lowest BCUT2D eigenvalue weighted by Gasteiger charge is -2.29. The van der Waals surface area contributed by atoms with Crippen molar-refractivity contribution in [1.29, 1.82) is 0 Å². The number of hydrogen-bond donors (Lipinski definition) is 4. The van der Waals surface area contributed by atoms with E-state index in [1.807, 2.05) is 23.6 Å². The van der Waals surface area contributed by atoms with Gasteiger partial charge in [0.2, 0.25) is 11.8 Å². The number of nitrogens with zero attached hydrogens (tertiary/aromatic N) is 2. The van der Waals surface area contributed by atoms with Gasteiger partial charge >= 0.3 is 11.9 Å². The molecule has 22 heteroatoms. The van der Waals surface area contributed by atoms with Crippen molar-refractivity contribution in [3.8, 4) is 11.5 Å². The molecule has 6 aromatic rings. The predicted molar refractivity (Wildman–Crippen MR) is 307 cm³/mol. The van der Waals surface area contributed by atoms with E-state index in [9.17, 15) is 38.4 Å². The first-order valence-corrected chi connectivity index (χ1v) is 27.1. The van der Waals surface area contributed by atoms with Crippen LogP contribution in [0.5, 0.6) is 11.5 Å². The quantitative estimate of drug-likeness (QED) is 0.0402. The second kappa shape index (κ2) is 30.7. The Morgan fingerprint density at radius 3 is 1.30 bits per heavy atom. The second-order valence-electron chi connectivity index (χ2n) is 16.2. The van der Waals surface area contributed by atoms with Gasteiger partial charge in [-0.25, -0.2) is 0 Å². The highest BCUT2D eigenvalue weighted by Crippen LogP contribution is 2.48. The van der Waals surface area contributed by atoms with E-state index >= 15 is 0 Å². The van der Waals surface area contributed by atoms with E-state index in [4.69, 9.17) is 55.9 Å². The summed E-state index contributed by atoms with van der Waals surface area (Å²) in [4.78, 5) is 99.9. The summed E-state index contributed by atoms with van der Waals surface area (Å²) in [5.41, 5.74) is 12.1. The molecule has 4 aromatic carbocycles. The Kier molecular flexibility index (Phi) is 26.0. The van der Waals surface area contributed by atoms with Gasteiger partial charge in [-0.15, -0.1) is 22.7 Å². The summed E-state index contributed by atoms with van der Waals surface area (Å²) in [5, 5.41) is 7.32. The molecular weight excluding hydrogens is 1100 g/mol. The van der Waals surface area contributed by atoms with E-state index in [1.165, 1.54) is 40.1 Å². The molecule has 0 bridgehead atoms. The first kappa shape index (κ1) is 64.3. The van der Waals surface area contributed by atoms with Crippen molar-refractivity contribution in [1.82, 2.24) is 9.80 Å². The summed E-state index contributed by atoms with van der Waals surface area (Å²) in [6, 6.07) is 17.3. The summed E-state index contributed by atoms with van der Waals surface area (Å²) in [5.74, 6) is -1.96. The van der Waals surface area contributed by atoms with E-state index in [0.29, 0.717) is 73.0 Å². The van der Waals surface area contributed by atoms with Crippen molar-refractivity contribution in [3.63, 3.8) is 0 Å². The molecule has 1 fully saturated rings. The number of halogens is 4. The Morgan fingerprint density at radius 2 is 1.00 bits per heavy atom. The first-order chi connectivity index (χ1) is 36.3. The van der Waals surface area contributed by atoms with Crippen molar-refractivity contribution >= 4 is 147 Å². The van der Waals surface area contributed by atoms with Crippen LogP contribution < -0.4 is 31.6 Å². The lowest BCUT2D eigenvalue weighted by atomic mass is 10.1. The molecule has 0 radical (unpaired) electrons. The number of anilines is 2. The molecule has 4 amide bonds. The molecule has 1 saturated carbocycles. The minimum atomic E-state index is -0.589. The Labute approximate surface area is 470 Å². The van der Waals surface area contributed by atoms with Gasteiger partial charge < -0.3 is 41.4 Å². The maximum atomic E-state index is 13.0. The minimum Gasteiger partial charge on any atom is -0.423 e. The topological polar surface area (TPSA) is 238 Å². The van der Waals surface area contributed by atoms with Crippen molar-refractivity contribution in [2.45, 2.75) is 106 Å². The third kappa shape index (κ3) is 16.3. The van der Waals surface area contributed by atoms with Crippen LogP contribution in [0.3, 0.4) is 0 Å². The van der Waals surface area contributed by atoms with Gasteiger partial charge in [-0.1, -0.05) is 98.4 Å². The monoisotopic (exact) mass is 1160 g/mol. The molecule has 7 rings (SSSR count). The van der Waals surface area contributed by atoms with Crippen LogP contribution in [0.15, 0.2) is 60.7 Å². The fraction of sp³-hybridized carbons (Fsp3) is 0.333. The molecule has 408 valence electrons. The number of benzene rings is 4. The zero-order chi connectivity index (χ0) is 57.1. The Hall–Kier alpha value is -5.96. The molecular formula is C54H62Cl4N6O10S2. The summed E-state index contributed by atoms with van der Waals surface area (Å²) in [7, 11) is 3.00. The number of amides is 4. The molecule has 6 N–H and O–H groups in total. The van der Waals surface area contributed by atoms with Gasteiger partial charge in [-0.3, -0.25) is 38.4 Å². The predicted octanol–water partition coefficient (Wildman–Crippen LogP) is 12.6. The molecule has 76 heavy (non-hydrogen) atoms. The van der Waals surface area contributed by atoms with Crippen molar-refractivity contribution in [3.05, 3.63) is 114 Å². The SMILES string of the molecule is CC.CC(=O)Oc1c(Cl)cc2c(C=O)c(NC(=O)c3ccc(CN(C(C)=O)C4CC4)cc3)sc2c1Cl.CCC(CC)N(Cc1ccc(C(=O)Nc2sc3c(Cl)c(OC(C)=O)c(Cl)cc3c2C=O)cc1)C(C)=O.CN.CN. The van der Waals surface area contributed by atoms with Gasteiger partial charge in [0.1, 0.15) is 20.0 Å². The molecule has 2 heterocycles. The molecule has 0 aliphatic heterocycles. The number of fused-ring (bicyclic) bond motifs is 2. The van der Waals surface area contributed by atoms with Gasteiger partial charge in [0, 0.05) is 74.8 Å². The molecule has 1 aliphatic rings. The largest absolute Gasteiger partial charge is 0.423 e. The van der Waals surface area contributed by atoms with E-state index in [0.717, 1.165) is 59.5 Å². The number of nitrogens with two attached hydrogens (primary N) is 2. The molecule has 1 aliphatic carbocycles. The lowest BCUT2D eigenvalue weighted by Crippen LogP contribution is -2.37. The fourth-order valence-corrected chi connectivity index (χ4v) is 11.0. The van der Waals surface area contributed by atoms with Gasteiger partial charge in [0.25, 0.3) is 11.8 Å². The maximum absolute atomic E-state index is 13.0. The van der Waals surface area contributed by atoms with Gasteiger partial charge in [0.05, 0.1) is 30.6 Å². The molecule has 0 atom stereocenters. The van der Waals surface area contributed by atoms with Gasteiger partial charge in [-0.05, 0) is 87.3 Å². The normalized spacial score (nSPS) is 11.2. The van der Waals surface area contributed by atoms with E-state index in [1.54, 1.807) is 62.4 Å². The number of carbonyl (C=O) groups is 8. The number of nitrogens with one attached hydrogen (secondary N) is 2. The average Bonchev–Trinajstić information content (AvgIpc) is 4.11. The average molecular weight is 1160 g/mol. The number of thiophene rings is 2. The molecule has 0 saturated heterocycles. The number of aldehydes is 2. The zero-order valence-corrected chi connectivity index (χ0v) is 48.4. The van der Waals surface area contributed by atoms with Crippen molar-refractivity contribution in [2.24, 2.45) is 11.5 Å².